The van der Waals surface area contributed by atoms with Crippen LogP contribution in [-0.2, 0) is 23.0 Å². The largest absolute Gasteiger partial charge is 0.285 e. The van der Waals surface area contributed by atoms with E-state index >= 15 is 0 Å². The van der Waals surface area contributed by atoms with Crippen LogP contribution >= 0.6 is 0 Å². The number of halogens is 3. The van der Waals surface area contributed by atoms with Gasteiger partial charge in [-0.15, -0.1) is 10.2 Å². The lowest BCUT2D eigenvalue weighted by atomic mass is 10.2. The number of hydrogen-bond acceptors (Lipinski definition) is 4. The first kappa shape index (κ1) is 20.9. The number of aromatic nitrogens is 3. The van der Waals surface area contributed by atoms with Gasteiger partial charge in [-0.1, -0.05) is 19.1 Å². The number of nitrogens with zero attached hydrogens (tertiary/aromatic N) is 4. The van der Waals surface area contributed by atoms with E-state index in [1.165, 1.54) is 30.3 Å². The number of hydrogen-bond donors (Lipinski definition) is 0. The minimum Gasteiger partial charge on any atom is -0.285 e. The molecule has 4 rings (SSSR count). The zero-order valence-electron chi connectivity index (χ0n) is 16.3. The number of pyridine rings is 1. The molecule has 4 aromatic rings. The molecule has 0 N–H and O–H groups in total. The van der Waals surface area contributed by atoms with Gasteiger partial charge in [-0.2, -0.15) is 0 Å². The number of anilines is 1. The fourth-order valence-electron chi connectivity index (χ4n) is 3.30. The van der Waals surface area contributed by atoms with E-state index in [1.807, 2.05) is 6.92 Å². The fraction of sp³-hybridized carbons (Fsp3) is 0.143. The van der Waals surface area contributed by atoms with Crippen molar-refractivity contribution >= 4 is 21.4 Å². The number of fused-ring (bicyclic) bond motifs is 1. The van der Waals surface area contributed by atoms with Crippen molar-refractivity contribution in [1.29, 1.82) is 0 Å². The Morgan fingerprint density at radius 1 is 0.935 bits per heavy atom. The Kier molecular flexibility index (Phi) is 5.40. The molecule has 0 atom stereocenters. The molecule has 31 heavy (non-hydrogen) atoms. The number of sulfonamides is 1. The van der Waals surface area contributed by atoms with Crippen molar-refractivity contribution in [2.45, 2.75) is 24.8 Å². The molecule has 2 aromatic heterocycles. The van der Waals surface area contributed by atoms with Gasteiger partial charge in [-0.3, -0.25) is 8.71 Å². The van der Waals surface area contributed by atoms with Crippen LogP contribution in [-0.4, -0.2) is 23.0 Å². The molecule has 0 aliphatic heterocycles. The van der Waals surface area contributed by atoms with Crippen LogP contribution in [0, 0.1) is 17.5 Å². The minimum absolute atomic E-state index is 0.0838. The van der Waals surface area contributed by atoms with E-state index in [9.17, 15) is 21.6 Å². The molecule has 2 heterocycles. The molecular weight excluding hydrogens is 429 g/mol. The van der Waals surface area contributed by atoms with Crippen molar-refractivity contribution in [3.63, 3.8) is 0 Å². The van der Waals surface area contributed by atoms with Crippen molar-refractivity contribution in [2.75, 3.05) is 4.31 Å². The van der Waals surface area contributed by atoms with Crippen molar-refractivity contribution in [1.82, 2.24) is 14.6 Å². The highest BCUT2D eigenvalue weighted by atomic mass is 32.2. The molecule has 6 nitrogen and oxygen atoms in total. The molecule has 160 valence electrons. The van der Waals surface area contributed by atoms with Crippen LogP contribution in [0.25, 0.3) is 5.65 Å². The van der Waals surface area contributed by atoms with Gasteiger partial charge in [0.2, 0.25) is 0 Å². The predicted octanol–water partition coefficient (Wildman–Crippen LogP) is 4.10. The van der Waals surface area contributed by atoms with Crippen LogP contribution in [0.2, 0.25) is 0 Å². The monoisotopic (exact) mass is 446 g/mol. The van der Waals surface area contributed by atoms with E-state index in [2.05, 4.69) is 10.2 Å². The maximum absolute atomic E-state index is 13.9. The molecule has 0 aliphatic carbocycles. The van der Waals surface area contributed by atoms with Crippen molar-refractivity contribution in [2.24, 2.45) is 0 Å². The Morgan fingerprint density at radius 3 is 2.35 bits per heavy atom. The topological polar surface area (TPSA) is 67.6 Å². The third-order valence-electron chi connectivity index (χ3n) is 4.70. The highest BCUT2D eigenvalue weighted by Gasteiger charge is 2.29. The Hall–Kier alpha value is -3.40. The van der Waals surface area contributed by atoms with E-state index in [1.54, 1.807) is 10.6 Å². The summed E-state index contributed by atoms with van der Waals surface area (Å²) in [6, 6.07) is 10.6. The number of aryl methyl sites for hydroxylation is 1. The molecule has 0 bridgehead atoms. The molecule has 0 radical (unpaired) electrons. The van der Waals surface area contributed by atoms with E-state index in [0.29, 0.717) is 23.9 Å². The lowest BCUT2D eigenvalue weighted by Gasteiger charge is -2.25. The number of benzene rings is 2. The van der Waals surface area contributed by atoms with Gasteiger partial charge in [0.05, 0.1) is 12.2 Å². The van der Waals surface area contributed by atoms with Gasteiger partial charge in [0.25, 0.3) is 10.0 Å². The maximum atomic E-state index is 13.9. The van der Waals surface area contributed by atoms with Gasteiger partial charge in [0, 0.05) is 18.7 Å². The first-order valence-corrected chi connectivity index (χ1v) is 10.8. The molecule has 2 aromatic carbocycles. The molecule has 0 aliphatic rings. The molecule has 0 unspecified atom stereocenters. The van der Waals surface area contributed by atoms with Gasteiger partial charge in [-0.05, 0) is 42.0 Å². The zero-order valence-corrected chi connectivity index (χ0v) is 17.2. The van der Waals surface area contributed by atoms with Gasteiger partial charge < -0.3 is 0 Å². The zero-order chi connectivity index (χ0) is 22.2. The first-order valence-electron chi connectivity index (χ1n) is 9.35. The average molecular weight is 446 g/mol. The molecule has 10 heteroatoms. The quantitative estimate of drug-likeness (QED) is 0.447. The smallest absolute Gasteiger partial charge is 0.268 e. The molecule has 0 fully saturated rings. The van der Waals surface area contributed by atoms with Crippen LogP contribution in [0.5, 0.6) is 0 Å². The summed E-state index contributed by atoms with van der Waals surface area (Å²) in [5.41, 5.74) is 0.148. The minimum atomic E-state index is -4.37. The summed E-state index contributed by atoms with van der Waals surface area (Å²) in [7, 11) is -4.37. The third kappa shape index (κ3) is 3.98. The lowest BCUT2D eigenvalue weighted by Crippen LogP contribution is -2.31. The summed E-state index contributed by atoms with van der Waals surface area (Å²) in [5.74, 6) is -1.89. The van der Waals surface area contributed by atoms with Crippen LogP contribution in [0.1, 0.15) is 18.3 Å². The first-order chi connectivity index (χ1) is 14.8. The average Bonchev–Trinajstić information content (AvgIpc) is 3.14. The Labute approximate surface area is 176 Å². The maximum Gasteiger partial charge on any atom is 0.268 e. The Morgan fingerprint density at radius 2 is 1.68 bits per heavy atom. The van der Waals surface area contributed by atoms with Gasteiger partial charge in [0.1, 0.15) is 28.2 Å². The van der Waals surface area contributed by atoms with E-state index in [4.69, 9.17) is 0 Å². The molecule has 0 saturated heterocycles. The Balaban J connectivity index is 1.91. The molecule has 0 spiro atoms. The molecule has 0 saturated carbocycles. The SMILES string of the molecule is CCc1nnc2c(S(=O)(=O)N(Cc3cccc(F)c3)c3cc(F)cc(F)c3)cccn12. The predicted molar refractivity (Wildman–Crippen MR) is 108 cm³/mol. The van der Waals surface area contributed by atoms with Crippen molar-refractivity contribution < 1.29 is 21.6 Å². The third-order valence-corrected chi connectivity index (χ3v) is 6.50. The molecule has 0 amide bonds. The standard InChI is InChI=1S/C21H17F3N4O2S/c1-2-20-25-26-21-19(7-4-8-27(20)21)31(29,30)28(13-14-5-3-6-15(22)9-14)18-11-16(23)10-17(24)12-18/h3-12H,2,13H2,1H3. The van der Waals surface area contributed by atoms with E-state index < -0.39 is 27.5 Å². The lowest BCUT2D eigenvalue weighted by molar-refractivity contribution is 0.579. The van der Waals surface area contributed by atoms with Crippen molar-refractivity contribution in [3.05, 3.63) is 89.6 Å². The van der Waals surface area contributed by atoms with Gasteiger partial charge >= 0.3 is 0 Å². The number of rotatable bonds is 6. The second-order valence-corrected chi connectivity index (χ2v) is 8.64. The second-order valence-electron chi connectivity index (χ2n) is 6.81. The van der Waals surface area contributed by atoms with E-state index in [0.717, 1.165) is 22.5 Å². The summed E-state index contributed by atoms with van der Waals surface area (Å²) in [4.78, 5) is -0.191. The van der Waals surface area contributed by atoms with Crippen LogP contribution in [0.4, 0.5) is 18.9 Å². The summed E-state index contributed by atoms with van der Waals surface area (Å²) in [5, 5.41) is 7.99. The van der Waals surface area contributed by atoms with Gasteiger partial charge in [0.15, 0.2) is 5.65 Å². The second kappa shape index (κ2) is 8.03. The Bertz CT molecular complexity index is 1350. The van der Waals surface area contributed by atoms with Crippen LogP contribution < -0.4 is 4.31 Å². The summed E-state index contributed by atoms with van der Waals surface area (Å²) >= 11 is 0. The van der Waals surface area contributed by atoms with E-state index in [-0.39, 0.29) is 22.8 Å². The van der Waals surface area contributed by atoms with Crippen LogP contribution in [0.15, 0.2) is 65.7 Å². The summed E-state index contributed by atoms with van der Waals surface area (Å²) < 4.78 is 71.3. The summed E-state index contributed by atoms with van der Waals surface area (Å²) in [6.07, 6.45) is 2.15. The normalized spacial score (nSPS) is 11.7. The van der Waals surface area contributed by atoms with Gasteiger partial charge in [-0.25, -0.2) is 21.6 Å². The summed E-state index contributed by atoms with van der Waals surface area (Å²) in [6.45, 7) is 1.50. The highest BCUT2D eigenvalue weighted by molar-refractivity contribution is 7.93. The highest BCUT2D eigenvalue weighted by Crippen LogP contribution is 2.29. The fourth-order valence-corrected chi connectivity index (χ4v) is 4.86. The van der Waals surface area contributed by atoms with Crippen molar-refractivity contribution in [3.8, 4) is 0 Å². The molecular formula is C21H17F3N4O2S. The van der Waals surface area contributed by atoms with Crippen LogP contribution in [0.3, 0.4) is 0 Å².